The fourth-order valence-electron chi connectivity index (χ4n) is 3.01. The maximum Gasteiger partial charge on any atom is 0.412 e. The van der Waals surface area contributed by atoms with Crippen LogP contribution in [0.25, 0.3) is 0 Å². The van der Waals surface area contributed by atoms with Gasteiger partial charge in [-0.15, -0.1) is 0 Å². The summed E-state index contributed by atoms with van der Waals surface area (Å²) in [6.45, 7) is 12.0. The number of amides is 1. The van der Waals surface area contributed by atoms with E-state index in [9.17, 15) is 4.79 Å². The molecule has 1 saturated heterocycles. The first kappa shape index (κ1) is 17.8. The van der Waals surface area contributed by atoms with Gasteiger partial charge in [0.25, 0.3) is 0 Å². The summed E-state index contributed by atoms with van der Waals surface area (Å²) in [4.78, 5) is 12.1. The summed E-state index contributed by atoms with van der Waals surface area (Å²) in [5, 5.41) is 6.32. The van der Waals surface area contributed by atoms with Crippen molar-refractivity contribution in [1.29, 1.82) is 0 Å². The first-order valence-electron chi connectivity index (χ1n) is 8.55. The van der Waals surface area contributed by atoms with Gasteiger partial charge < -0.3 is 10.1 Å². The SMILES string of the molecule is Cc1cc(CC2CCNCC2)cc(NC(=O)OC(C)(C)C)c1C. The van der Waals surface area contributed by atoms with E-state index < -0.39 is 5.60 Å². The van der Waals surface area contributed by atoms with Crippen LogP contribution in [-0.2, 0) is 11.2 Å². The number of benzene rings is 1. The van der Waals surface area contributed by atoms with Crippen LogP contribution in [0.3, 0.4) is 0 Å². The summed E-state index contributed by atoms with van der Waals surface area (Å²) in [6.07, 6.45) is 3.13. The molecule has 0 aliphatic carbocycles. The molecule has 1 amide bonds. The van der Waals surface area contributed by atoms with E-state index in [0.29, 0.717) is 0 Å². The molecule has 128 valence electrons. The summed E-state index contributed by atoms with van der Waals surface area (Å²) < 4.78 is 5.37. The second-order valence-corrected chi connectivity index (χ2v) is 7.61. The van der Waals surface area contributed by atoms with Crippen LogP contribution in [-0.4, -0.2) is 24.8 Å². The third-order valence-electron chi connectivity index (χ3n) is 4.35. The molecule has 0 spiro atoms. The molecule has 23 heavy (non-hydrogen) atoms. The second kappa shape index (κ2) is 7.35. The van der Waals surface area contributed by atoms with Gasteiger partial charge in [-0.25, -0.2) is 4.79 Å². The van der Waals surface area contributed by atoms with Crippen LogP contribution < -0.4 is 10.6 Å². The van der Waals surface area contributed by atoms with E-state index in [0.717, 1.165) is 36.7 Å². The lowest BCUT2D eigenvalue weighted by Gasteiger charge is -2.24. The van der Waals surface area contributed by atoms with Crippen LogP contribution in [0, 0.1) is 19.8 Å². The molecule has 4 nitrogen and oxygen atoms in total. The third kappa shape index (κ3) is 5.54. The quantitative estimate of drug-likeness (QED) is 0.878. The average molecular weight is 318 g/mol. The van der Waals surface area contributed by atoms with Crippen molar-refractivity contribution in [3.8, 4) is 0 Å². The Morgan fingerprint density at radius 2 is 1.91 bits per heavy atom. The zero-order valence-electron chi connectivity index (χ0n) is 15.1. The van der Waals surface area contributed by atoms with Gasteiger partial charge >= 0.3 is 6.09 Å². The standard InChI is InChI=1S/C19H30N2O2/c1-13-10-16(11-15-6-8-20-9-7-15)12-17(14(13)2)21-18(22)23-19(3,4)5/h10,12,15,20H,6-9,11H2,1-5H3,(H,21,22). The molecule has 0 saturated carbocycles. The van der Waals surface area contributed by atoms with Gasteiger partial charge in [-0.05, 0) is 95.6 Å². The zero-order chi connectivity index (χ0) is 17.0. The molecule has 0 bridgehead atoms. The lowest BCUT2D eigenvalue weighted by atomic mass is 9.89. The molecule has 1 aromatic carbocycles. The number of hydrogen-bond acceptors (Lipinski definition) is 3. The van der Waals surface area contributed by atoms with E-state index in [1.165, 1.54) is 24.0 Å². The lowest BCUT2D eigenvalue weighted by Crippen LogP contribution is -2.29. The van der Waals surface area contributed by atoms with Crippen LogP contribution in [0.2, 0.25) is 0 Å². The van der Waals surface area contributed by atoms with Crippen LogP contribution in [0.1, 0.15) is 50.3 Å². The minimum atomic E-state index is -0.486. The molecule has 0 aromatic heterocycles. The number of carbonyl (C=O) groups excluding carboxylic acids is 1. The monoisotopic (exact) mass is 318 g/mol. The Hall–Kier alpha value is -1.55. The molecule has 1 aliphatic heterocycles. The Balaban J connectivity index is 2.10. The molecule has 2 N–H and O–H groups in total. The van der Waals surface area contributed by atoms with Crippen LogP contribution >= 0.6 is 0 Å². The molecular weight excluding hydrogens is 288 g/mol. The third-order valence-corrected chi connectivity index (χ3v) is 4.35. The number of aryl methyl sites for hydroxylation is 1. The van der Waals surface area contributed by atoms with Crippen molar-refractivity contribution < 1.29 is 9.53 Å². The summed E-state index contributed by atoms with van der Waals surface area (Å²) >= 11 is 0. The van der Waals surface area contributed by atoms with E-state index in [1.54, 1.807) is 0 Å². The molecule has 2 rings (SSSR count). The van der Waals surface area contributed by atoms with E-state index in [4.69, 9.17) is 4.74 Å². The van der Waals surface area contributed by atoms with E-state index in [1.807, 2.05) is 27.7 Å². The Labute approximate surface area is 140 Å². The highest BCUT2D eigenvalue weighted by Gasteiger charge is 2.18. The van der Waals surface area contributed by atoms with Crippen molar-refractivity contribution in [2.75, 3.05) is 18.4 Å². The normalized spacial score (nSPS) is 16.2. The first-order chi connectivity index (χ1) is 10.7. The molecule has 0 radical (unpaired) electrons. The first-order valence-corrected chi connectivity index (χ1v) is 8.55. The predicted molar refractivity (Wildman–Crippen MR) is 95.1 cm³/mol. The molecule has 4 heteroatoms. The van der Waals surface area contributed by atoms with Crippen molar-refractivity contribution in [2.24, 2.45) is 5.92 Å². The second-order valence-electron chi connectivity index (χ2n) is 7.61. The Kier molecular flexibility index (Phi) is 5.69. The average Bonchev–Trinajstić information content (AvgIpc) is 2.43. The van der Waals surface area contributed by atoms with Gasteiger partial charge in [0.1, 0.15) is 5.60 Å². The number of piperidine rings is 1. The highest BCUT2D eigenvalue weighted by molar-refractivity contribution is 5.86. The van der Waals surface area contributed by atoms with Crippen molar-refractivity contribution in [2.45, 2.75) is 59.5 Å². The van der Waals surface area contributed by atoms with Crippen molar-refractivity contribution in [1.82, 2.24) is 5.32 Å². The number of ether oxygens (including phenoxy) is 1. The van der Waals surface area contributed by atoms with E-state index in [2.05, 4.69) is 29.7 Å². The molecule has 0 atom stereocenters. The largest absolute Gasteiger partial charge is 0.444 e. The summed E-state index contributed by atoms with van der Waals surface area (Å²) in [5.74, 6) is 0.729. The number of rotatable bonds is 3. The Morgan fingerprint density at radius 1 is 1.26 bits per heavy atom. The van der Waals surface area contributed by atoms with Gasteiger partial charge in [0.15, 0.2) is 0 Å². The summed E-state index contributed by atoms with van der Waals surface area (Å²) in [7, 11) is 0. The predicted octanol–water partition coefficient (Wildman–Crippen LogP) is 4.19. The van der Waals surface area contributed by atoms with Crippen molar-refractivity contribution in [3.05, 3.63) is 28.8 Å². The van der Waals surface area contributed by atoms with Crippen LogP contribution in [0.4, 0.5) is 10.5 Å². The minimum Gasteiger partial charge on any atom is -0.444 e. The Bertz CT molecular complexity index is 555. The molecule has 1 aromatic rings. The zero-order valence-corrected chi connectivity index (χ0v) is 15.1. The van der Waals surface area contributed by atoms with Gasteiger partial charge in [0.2, 0.25) is 0 Å². The van der Waals surface area contributed by atoms with Gasteiger partial charge in [-0.3, -0.25) is 5.32 Å². The van der Waals surface area contributed by atoms with Gasteiger partial charge in [-0.1, -0.05) is 6.07 Å². The maximum absolute atomic E-state index is 12.1. The van der Waals surface area contributed by atoms with Gasteiger partial charge in [0.05, 0.1) is 0 Å². The van der Waals surface area contributed by atoms with E-state index in [-0.39, 0.29) is 6.09 Å². The summed E-state index contributed by atoms with van der Waals surface area (Å²) in [5.41, 5.74) is 3.99. The van der Waals surface area contributed by atoms with Crippen molar-refractivity contribution >= 4 is 11.8 Å². The highest BCUT2D eigenvalue weighted by Crippen LogP contribution is 2.26. The number of anilines is 1. The fraction of sp³-hybridized carbons (Fsp3) is 0.632. The summed E-state index contributed by atoms with van der Waals surface area (Å²) in [6, 6.07) is 4.35. The lowest BCUT2D eigenvalue weighted by molar-refractivity contribution is 0.0636. The minimum absolute atomic E-state index is 0.390. The molecule has 1 heterocycles. The number of nitrogens with one attached hydrogen (secondary N) is 2. The van der Waals surface area contributed by atoms with Gasteiger partial charge in [-0.2, -0.15) is 0 Å². The number of hydrogen-bond donors (Lipinski definition) is 2. The topological polar surface area (TPSA) is 50.4 Å². The van der Waals surface area contributed by atoms with Crippen LogP contribution in [0.15, 0.2) is 12.1 Å². The van der Waals surface area contributed by atoms with Crippen LogP contribution in [0.5, 0.6) is 0 Å². The molecule has 1 aliphatic rings. The molecule has 1 fully saturated rings. The molecular formula is C19H30N2O2. The van der Waals surface area contributed by atoms with Gasteiger partial charge in [0, 0.05) is 5.69 Å². The van der Waals surface area contributed by atoms with E-state index >= 15 is 0 Å². The number of carbonyl (C=O) groups is 1. The molecule has 0 unspecified atom stereocenters. The Morgan fingerprint density at radius 3 is 2.52 bits per heavy atom. The smallest absolute Gasteiger partial charge is 0.412 e. The fourth-order valence-corrected chi connectivity index (χ4v) is 3.01. The van der Waals surface area contributed by atoms with Crippen molar-refractivity contribution in [3.63, 3.8) is 0 Å². The highest BCUT2D eigenvalue weighted by atomic mass is 16.6. The maximum atomic E-state index is 12.1.